The molecule has 10 heteroatoms. The maximum atomic E-state index is 13.2. The molecule has 0 saturated carbocycles. The summed E-state index contributed by atoms with van der Waals surface area (Å²) >= 11 is 1.41. The van der Waals surface area contributed by atoms with Crippen LogP contribution in [0, 0.1) is 15.9 Å². The van der Waals surface area contributed by atoms with E-state index in [0.717, 1.165) is 31.2 Å². The molecule has 0 aliphatic carbocycles. The summed E-state index contributed by atoms with van der Waals surface area (Å²) < 4.78 is 15.0. The molecule has 3 aromatic rings. The molecule has 0 aliphatic heterocycles. The monoisotopic (exact) mass is 499 g/mol. The number of carbonyl (C=O) groups is 1. The van der Waals surface area contributed by atoms with Crippen LogP contribution in [0.3, 0.4) is 0 Å². The van der Waals surface area contributed by atoms with E-state index in [-0.39, 0.29) is 17.4 Å². The number of thioether (sulfide) groups is 1. The van der Waals surface area contributed by atoms with Crippen LogP contribution in [0.4, 0.5) is 10.1 Å². The van der Waals surface area contributed by atoms with Crippen molar-refractivity contribution in [2.75, 3.05) is 0 Å². The number of halogens is 1. The predicted octanol–water partition coefficient (Wildman–Crippen LogP) is 6.14. The highest BCUT2D eigenvalue weighted by Gasteiger charge is 2.21. The van der Waals surface area contributed by atoms with Gasteiger partial charge in [0, 0.05) is 30.0 Å². The van der Waals surface area contributed by atoms with Gasteiger partial charge in [-0.2, -0.15) is 0 Å². The topological polar surface area (TPSA) is 103 Å². The molecule has 35 heavy (non-hydrogen) atoms. The summed E-state index contributed by atoms with van der Waals surface area (Å²) in [5.41, 5.74) is 1.55. The van der Waals surface area contributed by atoms with Crippen LogP contribution in [0.15, 0.2) is 53.7 Å². The number of non-ortho nitro benzene ring substituents is 1. The van der Waals surface area contributed by atoms with E-state index in [2.05, 4.69) is 22.4 Å². The molecule has 8 nitrogen and oxygen atoms in total. The van der Waals surface area contributed by atoms with E-state index in [1.807, 2.05) is 6.92 Å². The van der Waals surface area contributed by atoms with Crippen molar-refractivity contribution in [3.63, 3.8) is 0 Å². The summed E-state index contributed by atoms with van der Waals surface area (Å²) in [5, 5.41) is 23.3. The fourth-order valence-electron chi connectivity index (χ4n) is 3.62. The van der Waals surface area contributed by atoms with Gasteiger partial charge in [0.25, 0.3) is 5.69 Å². The van der Waals surface area contributed by atoms with Gasteiger partial charge >= 0.3 is 0 Å². The Morgan fingerprint density at radius 3 is 2.43 bits per heavy atom. The van der Waals surface area contributed by atoms with Gasteiger partial charge in [-0.1, -0.05) is 56.5 Å². The lowest BCUT2D eigenvalue weighted by molar-refractivity contribution is -0.384. The quantitative estimate of drug-likeness (QED) is 0.131. The number of nitrogens with one attached hydrogen (secondary N) is 1. The van der Waals surface area contributed by atoms with E-state index in [1.54, 1.807) is 28.8 Å². The average Bonchev–Trinajstić information content (AvgIpc) is 3.27. The van der Waals surface area contributed by atoms with Crippen LogP contribution in [-0.4, -0.2) is 25.6 Å². The molecule has 0 bridgehead atoms. The van der Waals surface area contributed by atoms with E-state index in [4.69, 9.17) is 0 Å². The van der Waals surface area contributed by atoms with Gasteiger partial charge < -0.3 is 5.32 Å². The minimum absolute atomic E-state index is 0.0201. The zero-order chi connectivity index (χ0) is 25.2. The largest absolute Gasteiger partial charge is 0.346 e. The van der Waals surface area contributed by atoms with Gasteiger partial charge in [0.1, 0.15) is 5.82 Å². The fraction of sp³-hybridized carbons (Fsp3) is 0.400. The van der Waals surface area contributed by atoms with Crippen molar-refractivity contribution in [1.29, 1.82) is 0 Å². The number of unbranched alkanes of at least 4 members (excludes halogenated alkanes) is 4. The zero-order valence-electron chi connectivity index (χ0n) is 19.9. The van der Waals surface area contributed by atoms with Crippen molar-refractivity contribution in [3.8, 4) is 5.69 Å². The summed E-state index contributed by atoms with van der Waals surface area (Å²) in [6.45, 7) is 4.00. The molecule has 1 heterocycles. The molecule has 3 rings (SSSR count). The minimum Gasteiger partial charge on any atom is -0.346 e. The van der Waals surface area contributed by atoms with Gasteiger partial charge in [-0.3, -0.25) is 19.5 Å². The van der Waals surface area contributed by atoms with Crippen molar-refractivity contribution in [2.45, 2.75) is 69.3 Å². The number of hydrogen-bond acceptors (Lipinski definition) is 6. The van der Waals surface area contributed by atoms with Crippen LogP contribution in [0.25, 0.3) is 5.69 Å². The third-order valence-electron chi connectivity index (χ3n) is 5.53. The first-order valence-electron chi connectivity index (χ1n) is 11.8. The van der Waals surface area contributed by atoms with Crippen LogP contribution in [0.2, 0.25) is 0 Å². The first-order valence-corrected chi connectivity index (χ1v) is 12.7. The van der Waals surface area contributed by atoms with Gasteiger partial charge in [0.15, 0.2) is 11.0 Å². The molecule has 2 aromatic carbocycles. The maximum Gasteiger partial charge on any atom is 0.269 e. The summed E-state index contributed by atoms with van der Waals surface area (Å²) in [5.74, 6) is 0.710. The second-order valence-electron chi connectivity index (χ2n) is 8.32. The first kappa shape index (κ1) is 26.3. The number of nitrogens with zero attached hydrogens (tertiary/aromatic N) is 4. The molecule has 0 radical (unpaired) electrons. The van der Waals surface area contributed by atoms with Gasteiger partial charge in [-0.05, 0) is 43.2 Å². The Kier molecular flexibility index (Phi) is 9.77. The summed E-state index contributed by atoms with van der Waals surface area (Å²) in [4.78, 5) is 23.1. The van der Waals surface area contributed by atoms with Crippen LogP contribution in [-0.2, 0) is 10.5 Å². The van der Waals surface area contributed by atoms with E-state index in [9.17, 15) is 19.3 Å². The van der Waals surface area contributed by atoms with E-state index < -0.39 is 11.0 Å². The summed E-state index contributed by atoms with van der Waals surface area (Å²) in [7, 11) is 0. The molecule has 0 aliphatic rings. The smallest absolute Gasteiger partial charge is 0.269 e. The maximum absolute atomic E-state index is 13.2. The van der Waals surface area contributed by atoms with Crippen LogP contribution in [0.5, 0.6) is 0 Å². The Bertz CT molecular complexity index is 1120. The second kappa shape index (κ2) is 13.0. The molecule has 0 unspecified atom stereocenters. The van der Waals surface area contributed by atoms with E-state index in [1.165, 1.54) is 42.4 Å². The minimum atomic E-state index is -0.454. The lowest BCUT2D eigenvalue weighted by Gasteiger charge is -2.16. The number of hydrogen-bond donors (Lipinski definition) is 1. The molecule has 0 saturated heterocycles. The lowest BCUT2D eigenvalue weighted by atomic mass is 10.1. The highest BCUT2D eigenvalue weighted by atomic mass is 32.2. The Hall–Kier alpha value is -3.27. The van der Waals surface area contributed by atoms with Gasteiger partial charge in [0.2, 0.25) is 5.91 Å². The predicted molar refractivity (Wildman–Crippen MR) is 134 cm³/mol. The molecule has 1 N–H and O–H groups in total. The lowest BCUT2D eigenvalue weighted by Crippen LogP contribution is -2.28. The van der Waals surface area contributed by atoms with Gasteiger partial charge in [0.05, 0.1) is 11.0 Å². The number of nitro benzene ring substituents is 1. The normalized spacial score (nSPS) is 11.9. The summed E-state index contributed by atoms with van der Waals surface area (Å²) in [6.07, 6.45) is 5.78. The van der Waals surface area contributed by atoms with Crippen LogP contribution >= 0.6 is 11.8 Å². The number of carbonyl (C=O) groups excluding carboxylic acids is 1. The molecular formula is C25H30FN5O3S. The number of amides is 1. The molecule has 1 atom stereocenters. The van der Waals surface area contributed by atoms with E-state index in [0.29, 0.717) is 28.8 Å². The van der Waals surface area contributed by atoms with Crippen molar-refractivity contribution >= 4 is 23.4 Å². The molecule has 186 valence electrons. The third-order valence-corrected chi connectivity index (χ3v) is 6.53. The average molecular weight is 500 g/mol. The summed E-state index contributed by atoms with van der Waals surface area (Å²) in [6, 6.07) is 11.9. The van der Waals surface area contributed by atoms with Gasteiger partial charge in [-0.15, -0.1) is 10.2 Å². The number of benzene rings is 2. The molecule has 0 fully saturated rings. The Labute approximate surface area is 208 Å². The second-order valence-corrected chi connectivity index (χ2v) is 9.26. The highest BCUT2D eigenvalue weighted by Crippen LogP contribution is 2.28. The molecular weight excluding hydrogens is 469 g/mol. The van der Waals surface area contributed by atoms with Crippen molar-refractivity contribution in [2.24, 2.45) is 0 Å². The van der Waals surface area contributed by atoms with Crippen LogP contribution in [0.1, 0.15) is 69.8 Å². The number of nitro groups is 1. The third kappa shape index (κ3) is 7.61. The van der Waals surface area contributed by atoms with E-state index >= 15 is 0 Å². The Morgan fingerprint density at radius 2 is 1.77 bits per heavy atom. The van der Waals surface area contributed by atoms with Crippen molar-refractivity contribution in [3.05, 3.63) is 75.9 Å². The standard InChI is InChI=1S/C25H30FN5O3S/c1-3-4-5-6-7-8-23(32)27-18(2)24-28-29-25(35-17-19-9-11-20(26)12-10-19)30(24)21-13-15-22(16-14-21)31(33)34/h9-16,18H,3-8,17H2,1-2H3,(H,27,32)/t18-/m0/s1. The zero-order valence-corrected chi connectivity index (χ0v) is 20.8. The van der Waals surface area contributed by atoms with Crippen molar-refractivity contribution in [1.82, 2.24) is 20.1 Å². The van der Waals surface area contributed by atoms with Crippen molar-refractivity contribution < 1.29 is 14.1 Å². The Balaban J connectivity index is 1.78. The molecule has 1 amide bonds. The first-order chi connectivity index (χ1) is 16.9. The molecule has 0 spiro atoms. The highest BCUT2D eigenvalue weighted by molar-refractivity contribution is 7.98. The SMILES string of the molecule is CCCCCCCC(=O)N[C@@H](C)c1nnc(SCc2ccc(F)cc2)n1-c1ccc([N+](=O)[O-])cc1. The fourth-order valence-corrected chi connectivity index (χ4v) is 4.53. The van der Waals surface area contributed by atoms with Gasteiger partial charge in [-0.25, -0.2) is 4.39 Å². The number of rotatable bonds is 13. The van der Waals surface area contributed by atoms with Crippen LogP contribution < -0.4 is 5.32 Å². The molecule has 1 aromatic heterocycles. The Morgan fingerprint density at radius 1 is 1.09 bits per heavy atom. The number of aromatic nitrogens is 3.